The van der Waals surface area contributed by atoms with Crippen LogP contribution in [0.2, 0.25) is 0 Å². The third-order valence-electron chi connectivity index (χ3n) is 1.66. The van der Waals surface area contributed by atoms with Gasteiger partial charge < -0.3 is 0 Å². The fourth-order valence-electron chi connectivity index (χ4n) is 0.983. The minimum atomic E-state index is 0.602. The lowest BCUT2D eigenvalue weighted by molar-refractivity contribution is 0.946. The molecule has 0 aliphatic heterocycles. The van der Waals surface area contributed by atoms with Gasteiger partial charge in [-0.3, -0.25) is 10.1 Å². The molecule has 0 fully saturated rings. The topological polar surface area (TPSA) is 67.3 Å². The Balaban J connectivity index is 2.36. The van der Waals surface area contributed by atoms with Gasteiger partial charge in [0.05, 0.1) is 6.20 Å². The van der Waals surface area contributed by atoms with E-state index in [0.717, 1.165) is 12.2 Å². The third kappa shape index (κ3) is 1.53. The van der Waals surface area contributed by atoms with Gasteiger partial charge in [-0.15, -0.1) is 0 Å². The lowest BCUT2D eigenvalue weighted by Gasteiger charge is -1.89. The lowest BCUT2D eigenvalue weighted by Crippen LogP contribution is -1.86. The van der Waals surface area contributed by atoms with E-state index in [1.54, 1.807) is 18.6 Å². The molecule has 1 N–H and O–H groups in total. The molecule has 5 nitrogen and oxygen atoms in total. The molecule has 2 aromatic heterocycles. The Labute approximate surface area is 75.3 Å². The first kappa shape index (κ1) is 7.85. The number of aromatic nitrogens is 5. The highest BCUT2D eigenvalue weighted by atomic mass is 15.2. The van der Waals surface area contributed by atoms with Gasteiger partial charge >= 0.3 is 0 Å². The summed E-state index contributed by atoms with van der Waals surface area (Å²) in [5, 5.41) is 6.84. The SMILES string of the molecule is CCc1nc(-c2cnccn2)n[nH]1. The van der Waals surface area contributed by atoms with E-state index in [4.69, 9.17) is 0 Å². The summed E-state index contributed by atoms with van der Waals surface area (Å²) < 4.78 is 0. The first-order valence-corrected chi connectivity index (χ1v) is 4.08. The van der Waals surface area contributed by atoms with Gasteiger partial charge in [0, 0.05) is 18.8 Å². The van der Waals surface area contributed by atoms with Crippen molar-refractivity contribution in [1.29, 1.82) is 0 Å². The maximum atomic E-state index is 4.23. The molecule has 0 aliphatic carbocycles. The molecular weight excluding hydrogens is 166 g/mol. The molecule has 0 atom stereocenters. The van der Waals surface area contributed by atoms with Crippen LogP contribution < -0.4 is 0 Å². The quantitative estimate of drug-likeness (QED) is 0.733. The monoisotopic (exact) mass is 175 g/mol. The minimum Gasteiger partial charge on any atom is -0.263 e. The second-order valence-corrected chi connectivity index (χ2v) is 2.55. The number of nitrogens with one attached hydrogen (secondary N) is 1. The van der Waals surface area contributed by atoms with Crippen LogP contribution in [0.5, 0.6) is 0 Å². The van der Waals surface area contributed by atoms with Crippen molar-refractivity contribution in [1.82, 2.24) is 25.1 Å². The Morgan fingerprint density at radius 2 is 2.31 bits per heavy atom. The van der Waals surface area contributed by atoms with Gasteiger partial charge in [0.1, 0.15) is 11.5 Å². The average molecular weight is 175 g/mol. The molecule has 2 rings (SSSR count). The summed E-state index contributed by atoms with van der Waals surface area (Å²) >= 11 is 0. The van der Waals surface area contributed by atoms with Crippen molar-refractivity contribution in [3.05, 3.63) is 24.4 Å². The van der Waals surface area contributed by atoms with Gasteiger partial charge in [0.25, 0.3) is 0 Å². The second-order valence-electron chi connectivity index (χ2n) is 2.55. The summed E-state index contributed by atoms with van der Waals surface area (Å²) in [4.78, 5) is 12.3. The van der Waals surface area contributed by atoms with Gasteiger partial charge in [0.15, 0.2) is 0 Å². The molecular formula is C8H9N5. The number of H-pyrrole nitrogens is 1. The van der Waals surface area contributed by atoms with Crippen LogP contribution in [-0.2, 0) is 6.42 Å². The molecule has 0 saturated carbocycles. The fraction of sp³-hybridized carbons (Fsp3) is 0.250. The molecule has 5 heteroatoms. The van der Waals surface area contributed by atoms with Crippen molar-refractivity contribution in [2.24, 2.45) is 0 Å². The highest BCUT2D eigenvalue weighted by molar-refractivity contribution is 5.45. The van der Waals surface area contributed by atoms with Crippen molar-refractivity contribution in [2.75, 3.05) is 0 Å². The fourth-order valence-corrected chi connectivity index (χ4v) is 0.983. The molecule has 2 heterocycles. The van der Waals surface area contributed by atoms with Crippen LogP contribution in [0.3, 0.4) is 0 Å². The maximum Gasteiger partial charge on any atom is 0.201 e. The van der Waals surface area contributed by atoms with Crippen molar-refractivity contribution >= 4 is 0 Å². The zero-order chi connectivity index (χ0) is 9.10. The summed E-state index contributed by atoms with van der Waals surface area (Å²) in [6.45, 7) is 2.01. The standard InChI is InChI=1S/C8H9N5/c1-2-7-11-8(13-12-7)6-5-9-3-4-10-6/h3-5H,2H2,1H3,(H,11,12,13). The summed E-state index contributed by atoms with van der Waals surface area (Å²) in [7, 11) is 0. The molecule has 0 aromatic carbocycles. The Morgan fingerprint density at radius 1 is 1.38 bits per heavy atom. The molecule has 0 unspecified atom stereocenters. The summed E-state index contributed by atoms with van der Waals surface area (Å²) in [6.07, 6.45) is 5.73. The van der Waals surface area contributed by atoms with Crippen LogP contribution in [0.1, 0.15) is 12.7 Å². The molecule has 0 spiro atoms. The zero-order valence-electron chi connectivity index (χ0n) is 7.23. The Bertz CT molecular complexity index is 380. The van der Waals surface area contributed by atoms with E-state index in [2.05, 4.69) is 25.1 Å². The third-order valence-corrected chi connectivity index (χ3v) is 1.66. The Kier molecular flexibility index (Phi) is 1.99. The first-order valence-electron chi connectivity index (χ1n) is 4.08. The van der Waals surface area contributed by atoms with Crippen molar-refractivity contribution in [2.45, 2.75) is 13.3 Å². The number of hydrogen-bond acceptors (Lipinski definition) is 4. The van der Waals surface area contributed by atoms with Crippen LogP contribution in [0.4, 0.5) is 0 Å². The predicted octanol–water partition coefficient (Wildman–Crippen LogP) is 0.824. The van der Waals surface area contributed by atoms with Gasteiger partial charge in [-0.1, -0.05) is 6.92 Å². The van der Waals surface area contributed by atoms with E-state index in [1.807, 2.05) is 6.92 Å². The second kappa shape index (κ2) is 3.30. The van der Waals surface area contributed by atoms with E-state index in [0.29, 0.717) is 11.5 Å². The van der Waals surface area contributed by atoms with E-state index >= 15 is 0 Å². The normalized spacial score (nSPS) is 10.2. The average Bonchev–Trinajstić information content (AvgIpc) is 2.67. The Hall–Kier alpha value is -1.78. The number of rotatable bonds is 2. The summed E-state index contributed by atoms with van der Waals surface area (Å²) in [5.74, 6) is 1.46. The molecule has 0 aliphatic rings. The van der Waals surface area contributed by atoms with E-state index in [9.17, 15) is 0 Å². The summed E-state index contributed by atoms with van der Waals surface area (Å²) in [5.41, 5.74) is 0.693. The van der Waals surface area contributed by atoms with Crippen molar-refractivity contribution < 1.29 is 0 Å². The lowest BCUT2D eigenvalue weighted by atomic mass is 10.4. The van der Waals surface area contributed by atoms with E-state index < -0.39 is 0 Å². The van der Waals surface area contributed by atoms with Crippen LogP contribution in [0, 0.1) is 0 Å². The van der Waals surface area contributed by atoms with Gasteiger partial charge in [0.2, 0.25) is 5.82 Å². The zero-order valence-corrected chi connectivity index (χ0v) is 7.23. The molecule has 0 amide bonds. The molecule has 0 saturated heterocycles. The van der Waals surface area contributed by atoms with E-state index in [-0.39, 0.29) is 0 Å². The van der Waals surface area contributed by atoms with Crippen molar-refractivity contribution in [3.63, 3.8) is 0 Å². The molecule has 0 bridgehead atoms. The van der Waals surface area contributed by atoms with Crippen LogP contribution in [0.25, 0.3) is 11.5 Å². The largest absolute Gasteiger partial charge is 0.263 e. The number of nitrogens with zero attached hydrogens (tertiary/aromatic N) is 4. The van der Waals surface area contributed by atoms with Gasteiger partial charge in [-0.25, -0.2) is 9.97 Å². The first-order chi connectivity index (χ1) is 6.40. The number of aromatic amines is 1. The van der Waals surface area contributed by atoms with Crippen molar-refractivity contribution in [3.8, 4) is 11.5 Å². The van der Waals surface area contributed by atoms with E-state index in [1.165, 1.54) is 0 Å². The minimum absolute atomic E-state index is 0.602. The molecule has 2 aromatic rings. The van der Waals surface area contributed by atoms with Crippen LogP contribution >= 0.6 is 0 Å². The van der Waals surface area contributed by atoms with Gasteiger partial charge in [-0.2, -0.15) is 5.10 Å². The molecule has 13 heavy (non-hydrogen) atoms. The number of hydrogen-bond donors (Lipinski definition) is 1. The maximum absolute atomic E-state index is 4.23. The Morgan fingerprint density at radius 3 is 2.92 bits per heavy atom. The van der Waals surface area contributed by atoms with Crippen LogP contribution in [0.15, 0.2) is 18.6 Å². The summed E-state index contributed by atoms with van der Waals surface area (Å²) in [6, 6.07) is 0. The highest BCUT2D eigenvalue weighted by Gasteiger charge is 2.04. The molecule has 0 radical (unpaired) electrons. The smallest absolute Gasteiger partial charge is 0.201 e. The highest BCUT2D eigenvalue weighted by Crippen LogP contribution is 2.08. The molecule has 66 valence electrons. The van der Waals surface area contributed by atoms with Gasteiger partial charge in [-0.05, 0) is 0 Å². The predicted molar refractivity (Wildman–Crippen MR) is 46.8 cm³/mol. The van der Waals surface area contributed by atoms with Crippen LogP contribution in [-0.4, -0.2) is 25.1 Å². The number of aryl methyl sites for hydroxylation is 1.